The van der Waals surface area contributed by atoms with Gasteiger partial charge in [0.2, 0.25) is 4.77 Å². The highest BCUT2D eigenvalue weighted by Gasteiger charge is 2.11. The van der Waals surface area contributed by atoms with Gasteiger partial charge in [0.05, 0.1) is 0 Å². The Morgan fingerprint density at radius 3 is 2.71 bits per heavy atom. The molecule has 2 rings (SSSR count). The smallest absolute Gasteiger partial charge is 0.213 e. The molecule has 3 N–H and O–H groups in total. The lowest BCUT2D eigenvalue weighted by Gasteiger charge is -2.10. The Morgan fingerprint density at radius 1 is 1.35 bits per heavy atom. The van der Waals surface area contributed by atoms with Crippen LogP contribution in [-0.4, -0.2) is 20.3 Å². The zero-order valence-corrected chi connectivity index (χ0v) is 10.7. The summed E-state index contributed by atoms with van der Waals surface area (Å²) in [5.74, 6) is 1.06. The van der Waals surface area contributed by atoms with Crippen molar-refractivity contribution in [2.24, 2.45) is 0 Å². The second-order valence-corrected chi connectivity index (χ2v) is 4.39. The van der Waals surface area contributed by atoms with Gasteiger partial charge in [0.15, 0.2) is 5.82 Å². The van der Waals surface area contributed by atoms with Gasteiger partial charge in [-0.1, -0.05) is 13.3 Å². The van der Waals surface area contributed by atoms with Crippen LogP contribution in [0.5, 0.6) is 5.75 Å². The van der Waals surface area contributed by atoms with Gasteiger partial charge in [0.1, 0.15) is 5.75 Å². The number of phenols is 1. The van der Waals surface area contributed by atoms with Gasteiger partial charge in [-0.05, 0) is 48.8 Å². The highest BCUT2D eigenvalue weighted by molar-refractivity contribution is 7.71. The summed E-state index contributed by atoms with van der Waals surface area (Å²) in [4.78, 5) is 4.19. The van der Waals surface area contributed by atoms with Gasteiger partial charge in [0.25, 0.3) is 0 Å². The molecule has 0 amide bonds. The Labute approximate surface area is 105 Å². The summed E-state index contributed by atoms with van der Waals surface area (Å²) in [7, 11) is 0. The van der Waals surface area contributed by atoms with Crippen molar-refractivity contribution in [3.05, 3.63) is 28.0 Å². The van der Waals surface area contributed by atoms with Crippen LogP contribution < -0.4 is 0 Å². The summed E-state index contributed by atoms with van der Waals surface area (Å²) < 4.78 is 0.435. The van der Waals surface area contributed by atoms with Crippen molar-refractivity contribution >= 4 is 12.2 Å². The molecular weight excluding hydrogens is 234 g/mol. The lowest BCUT2D eigenvalue weighted by Crippen LogP contribution is -1.94. The quantitative estimate of drug-likeness (QED) is 0.732. The molecule has 17 heavy (non-hydrogen) atoms. The van der Waals surface area contributed by atoms with E-state index in [1.165, 1.54) is 0 Å². The van der Waals surface area contributed by atoms with Crippen molar-refractivity contribution in [2.75, 3.05) is 0 Å². The molecule has 1 aromatic carbocycles. The molecular formula is C12H15N3OS. The molecule has 5 heteroatoms. The van der Waals surface area contributed by atoms with Crippen LogP contribution in [-0.2, 0) is 6.42 Å². The maximum atomic E-state index is 9.84. The number of hydrogen-bond acceptors (Lipinski definition) is 3. The van der Waals surface area contributed by atoms with E-state index >= 15 is 0 Å². The van der Waals surface area contributed by atoms with Crippen LogP contribution in [0.15, 0.2) is 12.1 Å². The van der Waals surface area contributed by atoms with Crippen LogP contribution in [0.4, 0.5) is 0 Å². The normalized spacial score (nSPS) is 10.7. The first-order valence-electron chi connectivity index (χ1n) is 5.60. The molecule has 1 heterocycles. The van der Waals surface area contributed by atoms with Crippen LogP contribution in [0.3, 0.4) is 0 Å². The molecule has 0 saturated carbocycles. The van der Waals surface area contributed by atoms with E-state index in [2.05, 4.69) is 22.1 Å². The molecule has 0 atom stereocenters. The molecule has 0 saturated heterocycles. The minimum absolute atomic E-state index is 0.349. The van der Waals surface area contributed by atoms with Crippen LogP contribution in [0.2, 0.25) is 0 Å². The molecule has 0 bridgehead atoms. The molecule has 2 aromatic rings. The lowest BCUT2D eigenvalue weighted by atomic mass is 9.97. The van der Waals surface area contributed by atoms with Crippen molar-refractivity contribution < 1.29 is 5.11 Å². The van der Waals surface area contributed by atoms with E-state index in [1.54, 1.807) is 6.07 Å². The van der Waals surface area contributed by atoms with Gasteiger partial charge in [0, 0.05) is 5.56 Å². The lowest BCUT2D eigenvalue weighted by molar-refractivity contribution is 0.467. The number of aromatic nitrogens is 3. The zero-order chi connectivity index (χ0) is 12.4. The minimum Gasteiger partial charge on any atom is -0.508 e. The summed E-state index contributed by atoms with van der Waals surface area (Å²) in [6.07, 6.45) is 1.85. The Morgan fingerprint density at radius 2 is 2.12 bits per heavy atom. The van der Waals surface area contributed by atoms with Crippen LogP contribution >= 0.6 is 12.2 Å². The first-order chi connectivity index (χ1) is 8.13. The van der Waals surface area contributed by atoms with E-state index in [4.69, 9.17) is 12.2 Å². The molecule has 1 aromatic heterocycles. The van der Waals surface area contributed by atoms with Crippen LogP contribution in [0, 0.1) is 11.7 Å². The highest BCUT2D eigenvalue weighted by Crippen LogP contribution is 2.29. The molecule has 4 nitrogen and oxygen atoms in total. The van der Waals surface area contributed by atoms with Crippen LogP contribution in [0.25, 0.3) is 11.4 Å². The summed E-state index contributed by atoms with van der Waals surface area (Å²) in [6, 6.07) is 3.56. The maximum Gasteiger partial charge on any atom is 0.213 e. The molecule has 0 fully saturated rings. The topological polar surface area (TPSA) is 64.7 Å². The van der Waals surface area contributed by atoms with Crippen molar-refractivity contribution in [3.63, 3.8) is 0 Å². The first kappa shape index (κ1) is 11.9. The second-order valence-electron chi connectivity index (χ2n) is 4.00. The number of hydrogen-bond donors (Lipinski definition) is 3. The summed E-state index contributed by atoms with van der Waals surface area (Å²) in [5, 5.41) is 15.5. The molecule has 0 unspecified atom stereocenters. The van der Waals surface area contributed by atoms with E-state index in [9.17, 15) is 5.11 Å². The molecule has 0 radical (unpaired) electrons. The van der Waals surface area contributed by atoms with E-state index < -0.39 is 0 Å². The monoisotopic (exact) mass is 249 g/mol. The van der Waals surface area contributed by atoms with Gasteiger partial charge in [-0.2, -0.15) is 4.98 Å². The number of phenolic OH excluding ortho intramolecular Hbond substituents is 1. The third kappa shape index (κ3) is 2.24. The summed E-state index contributed by atoms with van der Waals surface area (Å²) in [5.41, 5.74) is 3.00. The SMILES string of the molecule is CCCc1c(O)ccc(-c2nc(=S)[nH][nH]2)c1C. The van der Waals surface area contributed by atoms with Crippen molar-refractivity contribution in [2.45, 2.75) is 26.7 Å². The second kappa shape index (κ2) is 4.71. The fourth-order valence-electron chi connectivity index (χ4n) is 1.96. The number of H-pyrrole nitrogens is 2. The predicted octanol–water partition coefficient (Wildman–Crippen LogP) is 3.10. The fourth-order valence-corrected chi connectivity index (χ4v) is 2.10. The largest absolute Gasteiger partial charge is 0.508 e. The summed E-state index contributed by atoms with van der Waals surface area (Å²) >= 11 is 4.94. The number of rotatable bonds is 3. The van der Waals surface area contributed by atoms with Gasteiger partial charge in [-0.3, -0.25) is 10.2 Å². The van der Waals surface area contributed by atoms with Gasteiger partial charge < -0.3 is 5.11 Å². The number of nitrogens with zero attached hydrogens (tertiary/aromatic N) is 1. The molecule has 0 aliphatic carbocycles. The van der Waals surface area contributed by atoms with Crippen molar-refractivity contribution in [1.29, 1.82) is 0 Å². The van der Waals surface area contributed by atoms with Gasteiger partial charge in [-0.15, -0.1) is 0 Å². The molecule has 90 valence electrons. The number of nitrogens with one attached hydrogen (secondary N) is 2. The van der Waals surface area contributed by atoms with Crippen molar-refractivity contribution in [3.8, 4) is 17.1 Å². The molecule has 0 spiro atoms. The van der Waals surface area contributed by atoms with Crippen LogP contribution in [0.1, 0.15) is 24.5 Å². The Hall–Kier alpha value is -1.62. The Kier molecular flexibility index (Phi) is 3.28. The van der Waals surface area contributed by atoms with Gasteiger partial charge in [-0.25, -0.2) is 0 Å². The number of benzene rings is 1. The predicted molar refractivity (Wildman–Crippen MR) is 69.6 cm³/mol. The van der Waals surface area contributed by atoms with E-state index in [0.717, 1.165) is 29.5 Å². The van der Waals surface area contributed by atoms with Crippen molar-refractivity contribution in [1.82, 2.24) is 15.2 Å². The Bertz CT molecular complexity index is 586. The molecule has 0 aliphatic heterocycles. The Balaban J connectivity index is 2.56. The average molecular weight is 249 g/mol. The third-order valence-electron chi connectivity index (χ3n) is 2.83. The third-order valence-corrected chi connectivity index (χ3v) is 3.02. The maximum absolute atomic E-state index is 9.84. The number of aromatic amines is 2. The van der Waals surface area contributed by atoms with E-state index in [1.807, 2.05) is 13.0 Å². The minimum atomic E-state index is 0.349. The fraction of sp³-hybridized carbons (Fsp3) is 0.333. The van der Waals surface area contributed by atoms with E-state index in [0.29, 0.717) is 16.3 Å². The highest BCUT2D eigenvalue weighted by atomic mass is 32.1. The number of aromatic hydroxyl groups is 1. The zero-order valence-electron chi connectivity index (χ0n) is 9.87. The average Bonchev–Trinajstić information content (AvgIpc) is 2.71. The van der Waals surface area contributed by atoms with Gasteiger partial charge >= 0.3 is 0 Å². The first-order valence-corrected chi connectivity index (χ1v) is 6.00. The standard InChI is InChI=1S/C12H15N3OS/c1-3-4-8-7(2)9(5-6-10(8)16)11-13-12(17)15-14-11/h5-6,16H,3-4H2,1-2H3,(H2,13,14,15,17). The van der Waals surface area contributed by atoms with E-state index in [-0.39, 0.29) is 0 Å². The molecule has 0 aliphatic rings. The summed E-state index contributed by atoms with van der Waals surface area (Å²) in [6.45, 7) is 4.08.